The van der Waals surface area contributed by atoms with Crippen LogP contribution in [0.4, 0.5) is 0 Å². The Balaban J connectivity index is 2.06. The van der Waals surface area contributed by atoms with Gasteiger partial charge in [0.25, 0.3) is 0 Å². The van der Waals surface area contributed by atoms with Gasteiger partial charge in [-0.25, -0.2) is 4.98 Å². The fraction of sp³-hybridized carbons (Fsp3) is 0.400. The van der Waals surface area contributed by atoms with Gasteiger partial charge < -0.3 is 9.88 Å². The highest BCUT2D eigenvalue weighted by Gasteiger charge is 2.09. The third-order valence-electron chi connectivity index (χ3n) is 3.41. The van der Waals surface area contributed by atoms with E-state index in [9.17, 15) is 0 Å². The fourth-order valence-corrected chi connectivity index (χ4v) is 2.15. The summed E-state index contributed by atoms with van der Waals surface area (Å²) in [6, 6.07) is 6.95. The monoisotopic (exact) mass is 243 g/mol. The van der Waals surface area contributed by atoms with Gasteiger partial charge in [0.05, 0.1) is 12.0 Å². The van der Waals surface area contributed by atoms with Crippen molar-refractivity contribution in [3.05, 3.63) is 53.1 Å². The Hall–Kier alpha value is -1.61. The molecule has 3 heteroatoms. The molecular formula is C15H21N3. The summed E-state index contributed by atoms with van der Waals surface area (Å²) in [7, 11) is 2.02. The van der Waals surface area contributed by atoms with Crippen LogP contribution in [0.25, 0.3) is 0 Å². The highest BCUT2D eigenvalue weighted by atomic mass is 15.0. The van der Waals surface area contributed by atoms with E-state index in [-0.39, 0.29) is 0 Å². The Morgan fingerprint density at radius 2 is 2.11 bits per heavy atom. The van der Waals surface area contributed by atoms with Crippen LogP contribution in [-0.4, -0.2) is 9.55 Å². The van der Waals surface area contributed by atoms with E-state index in [1.165, 1.54) is 22.4 Å². The smallest absolute Gasteiger partial charge is 0.0945 e. The molecule has 2 aromatic rings. The quantitative estimate of drug-likeness (QED) is 0.895. The molecule has 0 aliphatic rings. The van der Waals surface area contributed by atoms with E-state index in [1.807, 2.05) is 24.1 Å². The highest BCUT2D eigenvalue weighted by molar-refractivity contribution is 5.32. The van der Waals surface area contributed by atoms with Crippen LogP contribution in [-0.2, 0) is 13.6 Å². The molecule has 0 bridgehead atoms. The van der Waals surface area contributed by atoms with E-state index in [2.05, 4.69) is 49.3 Å². The van der Waals surface area contributed by atoms with Gasteiger partial charge in [0.1, 0.15) is 0 Å². The number of hydrogen-bond acceptors (Lipinski definition) is 2. The molecule has 1 atom stereocenters. The normalized spacial score (nSPS) is 12.7. The zero-order valence-corrected chi connectivity index (χ0v) is 11.6. The largest absolute Gasteiger partial charge is 0.337 e. The van der Waals surface area contributed by atoms with Crippen molar-refractivity contribution in [2.45, 2.75) is 33.4 Å². The Bertz CT molecular complexity index is 528. The van der Waals surface area contributed by atoms with Gasteiger partial charge in [-0.2, -0.15) is 0 Å². The van der Waals surface area contributed by atoms with Crippen molar-refractivity contribution in [3.8, 4) is 0 Å². The van der Waals surface area contributed by atoms with E-state index in [1.54, 1.807) is 0 Å². The number of aryl methyl sites for hydroxylation is 3. The highest BCUT2D eigenvalue weighted by Crippen LogP contribution is 2.19. The number of nitrogens with zero attached hydrogens (tertiary/aromatic N) is 2. The lowest BCUT2D eigenvalue weighted by Crippen LogP contribution is -2.20. The predicted octanol–water partition coefficient (Wildman–Crippen LogP) is 2.89. The van der Waals surface area contributed by atoms with E-state index >= 15 is 0 Å². The second-order valence-corrected chi connectivity index (χ2v) is 4.96. The lowest BCUT2D eigenvalue weighted by atomic mass is 10.00. The Morgan fingerprint density at radius 3 is 2.78 bits per heavy atom. The number of rotatable bonds is 4. The minimum atomic E-state index is 0.347. The molecule has 0 saturated carbocycles. The summed E-state index contributed by atoms with van der Waals surface area (Å²) in [6.07, 6.45) is 3.74. The maximum absolute atomic E-state index is 4.13. The van der Waals surface area contributed by atoms with E-state index in [0.717, 1.165) is 6.54 Å². The summed E-state index contributed by atoms with van der Waals surface area (Å²) >= 11 is 0. The molecule has 1 heterocycles. The van der Waals surface area contributed by atoms with Crippen LogP contribution in [0.15, 0.2) is 30.7 Å². The molecule has 2 rings (SSSR count). The summed E-state index contributed by atoms with van der Waals surface area (Å²) in [6.45, 7) is 7.34. The molecule has 18 heavy (non-hydrogen) atoms. The SMILES string of the molecule is Cc1ccc(C)c(C(C)NCc2cncn2C)c1. The summed E-state index contributed by atoms with van der Waals surface area (Å²) in [5.74, 6) is 0. The molecule has 0 amide bonds. The van der Waals surface area contributed by atoms with Crippen LogP contribution in [0.3, 0.4) is 0 Å². The van der Waals surface area contributed by atoms with Crippen molar-refractivity contribution >= 4 is 0 Å². The van der Waals surface area contributed by atoms with Crippen molar-refractivity contribution in [1.29, 1.82) is 0 Å². The Morgan fingerprint density at radius 1 is 1.33 bits per heavy atom. The van der Waals surface area contributed by atoms with Crippen LogP contribution in [0.5, 0.6) is 0 Å². The van der Waals surface area contributed by atoms with Gasteiger partial charge in [0, 0.05) is 25.8 Å². The Kier molecular flexibility index (Phi) is 3.82. The molecule has 0 aliphatic heterocycles. The molecule has 3 nitrogen and oxygen atoms in total. The predicted molar refractivity (Wildman–Crippen MR) is 74.4 cm³/mol. The van der Waals surface area contributed by atoms with Gasteiger partial charge in [-0.05, 0) is 31.9 Å². The first-order valence-electron chi connectivity index (χ1n) is 6.33. The van der Waals surface area contributed by atoms with Gasteiger partial charge >= 0.3 is 0 Å². The number of hydrogen-bond donors (Lipinski definition) is 1. The average Bonchev–Trinajstić information content (AvgIpc) is 2.75. The van der Waals surface area contributed by atoms with Crippen molar-refractivity contribution in [1.82, 2.24) is 14.9 Å². The molecule has 0 aliphatic carbocycles. The first kappa shape index (κ1) is 12.8. The minimum Gasteiger partial charge on any atom is -0.337 e. The molecule has 1 aromatic heterocycles. The first-order chi connectivity index (χ1) is 8.58. The second kappa shape index (κ2) is 5.36. The van der Waals surface area contributed by atoms with E-state index < -0.39 is 0 Å². The molecule has 0 fully saturated rings. The lowest BCUT2D eigenvalue weighted by molar-refractivity contribution is 0.555. The molecule has 0 radical (unpaired) electrons. The standard InChI is InChI=1S/C15H21N3/c1-11-5-6-12(2)15(7-11)13(3)17-9-14-8-16-10-18(14)4/h5-8,10,13,17H,9H2,1-4H3. The van der Waals surface area contributed by atoms with Crippen LogP contribution in [0.2, 0.25) is 0 Å². The van der Waals surface area contributed by atoms with Gasteiger partial charge in [-0.1, -0.05) is 23.8 Å². The fourth-order valence-electron chi connectivity index (χ4n) is 2.15. The minimum absolute atomic E-state index is 0.347. The lowest BCUT2D eigenvalue weighted by Gasteiger charge is -2.17. The maximum atomic E-state index is 4.13. The molecule has 1 unspecified atom stereocenters. The molecule has 0 spiro atoms. The van der Waals surface area contributed by atoms with Crippen molar-refractivity contribution in [2.75, 3.05) is 0 Å². The van der Waals surface area contributed by atoms with E-state index in [0.29, 0.717) is 6.04 Å². The summed E-state index contributed by atoms with van der Waals surface area (Å²) < 4.78 is 2.04. The van der Waals surface area contributed by atoms with Crippen molar-refractivity contribution in [3.63, 3.8) is 0 Å². The topological polar surface area (TPSA) is 29.9 Å². The third kappa shape index (κ3) is 2.79. The average molecular weight is 243 g/mol. The number of benzene rings is 1. The van der Waals surface area contributed by atoms with Crippen LogP contribution < -0.4 is 5.32 Å². The summed E-state index contributed by atoms with van der Waals surface area (Å²) in [4.78, 5) is 4.13. The molecule has 1 aromatic carbocycles. The maximum Gasteiger partial charge on any atom is 0.0945 e. The molecular weight excluding hydrogens is 222 g/mol. The zero-order chi connectivity index (χ0) is 13.1. The third-order valence-corrected chi connectivity index (χ3v) is 3.41. The Labute approximate surface area is 109 Å². The number of aromatic nitrogens is 2. The van der Waals surface area contributed by atoms with Crippen LogP contribution >= 0.6 is 0 Å². The van der Waals surface area contributed by atoms with E-state index in [4.69, 9.17) is 0 Å². The summed E-state index contributed by atoms with van der Waals surface area (Å²) in [5, 5.41) is 3.55. The van der Waals surface area contributed by atoms with Gasteiger partial charge in [-0.3, -0.25) is 0 Å². The van der Waals surface area contributed by atoms with Crippen LogP contribution in [0, 0.1) is 13.8 Å². The van der Waals surface area contributed by atoms with Crippen LogP contribution in [0.1, 0.15) is 35.3 Å². The number of imidazole rings is 1. The van der Waals surface area contributed by atoms with Crippen molar-refractivity contribution < 1.29 is 0 Å². The van der Waals surface area contributed by atoms with Gasteiger partial charge in [-0.15, -0.1) is 0 Å². The van der Waals surface area contributed by atoms with Gasteiger partial charge in [0.15, 0.2) is 0 Å². The molecule has 1 N–H and O–H groups in total. The summed E-state index contributed by atoms with van der Waals surface area (Å²) in [5.41, 5.74) is 5.22. The number of nitrogens with one attached hydrogen (secondary N) is 1. The molecule has 0 saturated heterocycles. The van der Waals surface area contributed by atoms with Gasteiger partial charge in [0.2, 0.25) is 0 Å². The first-order valence-corrected chi connectivity index (χ1v) is 6.33. The van der Waals surface area contributed by atoms with Crippen molar-refractivity contribution in [2.24, 2.45) is 7.05 Å². The zero-order valence-electron chi connectivity index (χ0n) is 11.6. The second-order valence-electron chi connectivity index (χ2n) is 4.96. The molecule has 96 valence electrons.